The molecule has 3 aromatic rings. The van der Waals surface area contributed by atoms with Gasteiger partial charge in [-0.15, -0.1) is 0 Å². The number of rotatable bonds is 6. The van der Waals surface area contributed by atoms with Crippen LogP contribution in [0.1, 0.15) is 23.1 Å². The van der Waals surface area contributed by atoms with Crippen molar-refractivity contribution in [3.63, 3.8) is 0 Å². The number of fused-ring (bicyclic) bond motifs is 1. The van der Waals surface area contributed by atoms with Crippen LogP contribution in [0.4, 0.5) is 0 Å². The van der Waals surface area contributed by atoms with Crippen molar-refractivity contribution in [2.75, 3.05) is 7.11 Å². The molecular weight excluding hydrogens is 460 g/mol. The lowest BCUT2D eigenvalue weighted by Gasteiger charge is -2.48. The number of Topliss-reactive ketones (excluding diaryl/α,β-unsaturated/α-hetero) is 1. The first kappa shape index (κ1) is 24.3. The Kier molecular flexibility index (Phi) is 6.49. The smallest absolute Gasteiger partial charge is 0.168 e. The summed E-state index contributed by atoms with van der Waals surface area (Å²) in [6.45, 7) is 4.03. The summed E-state index contributed by atoms with van der Waals surface area (Å²) in [6, 6.07) is 24.1. The van der Waals surface area contributed by atoms with Crippen molar-refractivity contribution in [3.8, 4) is 11.5 Å². The van der Waals surface area contributed by atoms with Gasteiger partial charge in [0.1, 0.15) is 0 Å². The molecule has 3 aromatic carbocycles. The number of methoxy groups -OCH3 is 1. The number of benzene rings is 3. The molecule has 37 heavy (non-hydrogen) atoms. The van der Waals surface area contributed by atoms with Crippen LogP contribution >= 0.6 is 0 Å². The first-order valence-corrected chi connectivity index (χ1v) is 12.3. The minimum absolute atomic E-state index is 0.0290. The predicted molar refractivity (Wildman–Crippen MR) is 146 cm³/mol. The van der Waals surface area contributed by atoms with Crippen molar-refractivity contribution in [1.29, 1.82) is 0 Å². The summed E-state index contributed by atoms with van der Waals surface area (Å²) in [6.07, 6.45) is 9.68. The van der Waals surface area contributed by atoms with Gasteiger partial charge in [0.05, 0.1) is 12.5 Å². The Morgan fingerprint density at radius 2 is 1.70 bits per heavy atom. The first-order chi connectivity index (χ1) is 18.0. The number of ketones is 2. The van der Waals surface area contributed by atoms with Gasteiger partial charge in [-0.25, -0.2) is 0 Å². The highest BCUT2D eigenvalue weighted by molar-refractivity contribution is 6.31. The number of hydrogen-bond acceptors (Lipinski definition) is 4. The third-order valence-electron chi connectivity index (χ3n) is 7.51. The van der Waals surface area contributed by atoms with Crippen molar-refractivity contribution >= 4 is 23.2 Å². The molecule has 0 aliphatic heterocycles. The van der Waals surface area contributed by atoms with E-state index >= 15 is 0 Å². The maximum Gasteiger partial charge on any atom is 0.168 e. The monoisotopic (exact) mass is 488 g/mol. The Hall–Kier alpha value is -4.44. The van der Waals surface area contributed by atoms with Crippen LogP contribution in [0.5, 0.6) is 11.5 Å². The van der Waals surface area contributed by atoms with E-state index < -0.39 is 17.3 Å². The molecule has 0 saturated heterocycles. The Morgan fingerprint density at radius 1 is 1.00 bits per heavy atom. The minimum atomic E-state index is -1.10. The molecule has 0 unspecified atom stereocenters. The van der Waals surface area contributed by atoms with Crippen LogP contribution in [0, 0.1) is 11.8 Å². The standard InChI is InChI=1S/C33H28O4/c1-3-23-16-18-28-32(36)26(24-10-6-4-7-11-24)21-31(35)33(28,25-12-8-5-9-13-25)27(23)17-14-22-15-19-29(34)30(20-22)37-2/h3-17,19-21,27-28,34H,1,18H2,2H3/t27-,28-,33-/m0/s1. The quantitative estimate of drug-likeness (QED) is 0.440. The summed E-state index contributed by atoms with van der Waals surface area (Å²) in [5, 5.41) is 10.00. The second kappa shape index (κ2) is 9.90. The Bertz CT molecular complexity index is 1450. The summed E-state index contributed by atoms with van der Waals surface area (Å²) in [5.74, 6) is -0.686. The summed E-state index contributed by atoms with van der Waals surface area (Å²) in [7, 11) is 1.50. The molecule has 1 N–H and O–H groups in total. The number of phenolic OH excluding ortho intramolecular Hbond substituents is 1. The first-order valence-electron chi connectivity index (χ1n) is 12.3. The van der Waals surface area contributed by atoms with Gasteiger partial charge in [0, 0.05) is 17.4 Å². The molecule has 2 aliphatic rings. The summed E-state index contributed by atoms with van der Waals surface area (Å²) in [4.78, 5) is 28.4. The van der Waals surface area contributed by atoms with Gasteiger partial charge in [0.2, 0.25) is 0 Å². The minimum Gasteiger partial charge on any atom is -0.504 e. The number of ether oxygens (including phenoxy) is 1. The van der Waals surface area contributed by atoms with Gasteiger partial charge in [-0.3, -0.25) is 9.59 Å². The highest BCUT2D eigenvalue weighted by Gasteiger charge is 2.58. The van der Waals surface area contributed by atoms with Gasteiger partial charge in [0.25, 0.3) is 0 Å². The molecule has 4 nitrogen and oxygen atoms in total. The second-order valence-electron chi connectivity index (χ2n) is 9.35. The van der Waals surface area contributed by atoms with E-state index in [1.807, 2.05) is 78.9 Å². The fourth-order valence-electron chi connectivity index (χ4n) is 5.75. The lowest BCUT2D eigenvalue weighted by molar-refractivity contribution is -0.132. The van der Waals surface area contributed by atoms with Crippen LogP contribution in [0.3, 0.4) is 0 Å². The van der Waals surface area contributed by atoms with Crippen LogP contribution in [0.25, 0.3) is 11.6 Å². The molecule has 184 valence electrons. The van der Waals surface area contributed by atoms with Gasteiger partial charge in [0.15, 0.2) is 23.1 Å². The summed E-state index contributed by atoms with van der Waals surface area (Å²) in [5.41, 5.74) is 2.63. The SMILES string of the molecule is C=CC1=CC[C@H]2C(=O)C(c3ccccc3)=CC(=O)[C@@]2(c2ccccc2)[C@H]1C=Cc1ccc(O)c(OC)c1. The average molecular weight is 489 g/mol. The van der Waals surface area contributed by atoms with E-state index in [2.05, 4.69) is 6.58 Å². The normalized spacial score (nSPS) is 23.3. The number of carbonyl (C=O) groups excluding carboxylic acids is 2. The Labute approximate surface area is 216 Å². The molecule has 3 atom stereocenters. The van der Waals surface area contributed by atoms with Gasteiger partial charge in [-0.05, 0) is 46.9 Å². The molecule has 0 saturated carbocycles. The lowest BCUT2D eigenvalue weighted by atomic mass is 9.51. The molecule has 0 amide bonds. The molecule has 0 spiro atoms. The van der Waals surface area contributed by atoms with Gasteiger partial charge >= 0.3 is 0 Å². The third-order valence-corrected chi connectivity index (χ3v) is 7.51. The van der Waals surface area contributed by atoms with Crippen molar-refractivity contribution in [2.45, 2.75) is 11.8 Å². The zero-order valence-electron chi connectivity index (χ0n) is 20.6. The molecule has 0 aromatic heterocycles. The predicted octanol–water partition coefficient (Wildman–Crippen LogP) is 6.34. The lowest BCUT2D eigenvalue weighted by Crippen LogP contribution is -2.55. The fraction of sp³-hybridized carbons (Fsp3) is 0.152. The van der Waals surface area contributed by atoms with E-state index in [9.17, 15) is 14.7 Å². The van der Waals surface area contributed by atoms with Crippen LogP contribution in [0.2, 0.25) is 0 Å². The second-order valence-corrected chi connectivity index (χ2v) is 9.35. The van der Waals surface area contributed by atoms with E-state index in [1.165, 1.54) is 13.2 Å². The van der Waals surface area contributed by atoms with E-state index in [-0.39, 0.29) is 17.3 Å². The topological polar surface area (TPSA) is 63.6 Å². The van der Waals surface area contributed by atoms with Gasteiger partial charge in [-0.1, -0.05) is 97.6 Å². The van der Waals surface area contributed by atoms with E-state index in [0.717, 1.165) is 22.3 Å². The van der Waals surface area contributed by atoms with E-state index in [4.69, 9.17) is 4.74 Å². The summed E-state index contributed by atoms with van der Waals surface area (Å²) < 4.78 is 5.26. The molecular formula is C33H28O4. The van der Waals surface area contributed by atoms with Crippen LogP contribution < -0.4 is 4.74 Å². The molecule has 0 fully saturated rings. The number of aromatic hydroxyl groups is 1. The molecule has 0 bridgehead atoms. The van der Waals surface area contributed by atoms with Crippen molar-refractivity contribution < 1.29 is 19.4 Å². The van der Waals surface area contributed by atoms with Crippen molar-refractivity contribution in [1.82, 2.24) is 0 Å². The molecule has 5 rings (SSSR count). The molecule has 2 aliphatic carbocycles. The maximum absolute atomic E-state index is 14.3. The number of allylic oxidation sites excluding steroid dienone is 6. The fourth-order valence-corrected chi connectivity index (χ4v) is 5.75. The van der Waals surface area contributed by atoms with Gasteiger partial charge < -0.3 is 9.84 Å². The third kappa shape index (κ3) is 4.05. The number of carbonyl (C=O) groups is 2. The zero-order valence-corrected chi connectivity index (χ0v) is 20.6. The highest BCUT2D eigenvalue weighted by atomic mass is 16.5. The molecule has 0 radical (unpaired) electrons. The van der Waals surface area contributed by atoms with Crippen LogP contribution in [-0.2, 0) is 15.0 Å². The highest BCUT2D eigenvalue weighted by Crippen LogP contribution is 2.53. The average Bonchev–Trinajstić information content (AvgIpc) is 2.94. The zero-order chi connectivity index (χ0) is 26.0. The molecule has 4 heteroatoms. The summed E-state index contributed by atoms with van der Waals surface area (Å²) >= 11 is 0. The maximum atomic E-state index is 14.3. The Morgan fingerprint density at radius 3 is 2.38 bits per heavy atom. The Balaban J connectivity index is 1.70. The number of hydrogen-bond donors (Lipinski definition) is 1. The van der Waals surface area contributed by atoms with Gasteiger partial charge in [-0.2, -0.15) is 0 Å². The largest absolute Gasteiger partial charge is 0.504 e. The van der Waals surface area contributed by atoms with E-state index in [0.29, 0.717) is 17.7 Å². The molecule has 0 heterocycles. The van der Waals surface area contributed by atoms with Crippen molar-refractivity contribution in [3.05, 3.63) is 132 Å². The van der Waals surface area contributed by atoms with Crippen molar-refractivity contribution in [2.24, 2.45) is 11.8 Å². The van der Waals surface area contributed by atoms with E-state index in [1.54, 1.807) is 24.3 Å². The van der Waals surface area contributed by atoms with Crippen LogP contribution in [0.15, 0.2) is 115 Å². The number of phenols is 1. The van der Waals surface area contributed by atoms with Crippen LogP contribution in [-0.4, -0.2) is 23.8 Å².